The first-order valence-corrected chi connectivity index (χ1v) is 5.95. The standard InChI is InChI=1S/C12H23NO/c1-3-12(4-2,11-14)10-13-8-6-5-7-9-13/h11H,3-10H2,1-2H3. The molecular formula is C12H23NO. The van der Waals surface area contributed by atoms with E-state index in [0.29, 0.717) is 0 Å². The van der Waals surface area contributed by atoms with Gasteiger partial charge in [0.1, 0.15) is 6.29 Å². The van der Waals surface area contributed by atoms with Crippen LogP contribution in [0.5, 0.6) is 0 Å². The number of hydrogen-bond donors (Lipinski definition) is 0. The minimum Gasteiger partial charge on any atom is -0.303 e. The van der Waals surface area contributed by atoms with Crippen molar-refractivity contribution in [3.63, 3.8) is 0 Å². The van der Waals surface area contributed by atoms with Crippen LogP contribution in [0.25, 0.3) is 0 Å². The van der Waals surface area contributed by atoms with Crippen molar-refractivity contribution < 1.29 is 4.79 Å². The van der Waals surface area contributed by atoms with Gasteiger partial charge < -0.3 is 9.69 Å². The van der Waals surface area contributed by atoms with Crippen molar-refractivity contribution in [1.82, 2.24) is 4.90 Å². The monoisotopic (exact) mass is 197 g/mol. The fraction of sp³-hybridized carbons (Fsp3) is 0.917. The first kappa shape index (κ1) is 11.7. The number of nitrogens with zero attached hydrogens (tertiary/aromatic N) is 1. The number of aldehydes is 1. The van der Waals surface area contributed by atoms with Crippen LogP contribution in [-0.4, -0.2) is 30.8 Å². The minimum absolute atomic E-state index is 0.0721. The normalized spacial score (nSPS) is 19.6. The number of carbonyl (C=O) groups excluding carboxylic acids is 1. The number of rotatable bonds is 5. The van der Waals surface area contributed by atoms with Crippen molar-refractivity contribution in [2.45, 2.75) is 46.0 Å². The van der Waals surface area contributed by atoms with Gasteiger partial charge in [0.25, 0.3) is 0 Å². The molecular weight excluding hydrogens is 174 g/mol. The molecule has 0 aliphatic carbocycles. The van der Waals surface area contributed by atoms with Gasteiger partial charge in [0.05, 0.1) is 0 Å². The van der Waals surface area contributed by atoms with Gasteiger partial charge >= 0.3 is 0 Å². The molecule has 0 aromatic heterocycles. The number of carbonyl (C=O) groups is 1. The number of likely N-dealkylation sites (tertiary alicyclic amines) is 1. The van der Waals surface area contributed by atoms with Crippen LogP contribution in [0.1, 0.15) is 46.0 Å². The Morgan fingerprint density at radius 3 is 2.14 bits per heavy atom. The largest absolute Gasteiger partial charge is 0.303 e. The Morgan fingerprint density at radius 2 is 1.71 bits per heavy atom. The van der Waals surface area contributed by atoms with E-state index in [0.717, 1.165) is 19.4 Å². The molecule has 1 aliphatic rings. The summed E-state index contributed by atoms with van der Waals surface area (Å²) in [6.07, 6.45) is 7.11. The zero-order valence-electron chi connectivity index (χ0n) is 9.59. The predicted molar refractivity (Wildman–Crippen MR) is 59.4 cm³/mol. The van der Waals surface area contributed by atoms with Crippen LogP contribution in [0.15, 0.2) is 0 Å². The molecule has 2 heteroatoms. The highest BCUT2D eigenvalue weighted by Crippen LogP contribution is 2.26. The van der Waals surface area contributed by atoms with Crippen molar-refractivity contribution in [3.05, 3.63) is 0 Å². The highest BCUT2D eigenvalue weighted by atomic mass is 16.1. The molecule has 1 rings (SSSR count). The van der Waals surface area contributed by atoms with E-state index < -0.39 is 0 Å². The van der Waals surface area contributed by atoms with Crippen LogP contribution in [0.3, 0.4) is 0 Å². The van der Waals surface area contributed by atoms with Gasteiger partial charge in [-0.3, -0.25) is 0 Å². The third kappa shape index (κ3) is 2.81. The maximum Gasteiger partial charge on any atom is 0.127 e. The molecule has 82 valence electrons. The summed E-state index contributed by atoms with van der Waals surface area (Å²) in [4.78, 5) is 13.6. The van der Waals surface area contributed by atoms with Gasteiger partial charge in [-0.2, -0.15) is 0 Å². The molecule has 0 spiro atoms. The Balaban J connectivity index is 2.48. The Bertz CT molecular complexity index is 169. The maximum atomic E-state index is 11.1. The quantitative estimate of drug-likeness (QED) is 0.631. The van der Waals surface area contributed by atoms with E-state index in [1.54, 1.807) is 0 Å². The molecule has 1 fully saturated rings. The van der Waals surface area contributed by atoms with Crippen LogP contribution in [0, 0.1) is 5.41 Å². The fourth-order valence-corrected chi connectivity index (χ4v) is 2.24. The summed E-state index contributed by atoms with van der Waals surface area (Å²) in [6, 6.07) is 0. The molecule has 0 unspecified atom stereocenters. The van der Waals surface area contributed by atoms with E-state index in [1.807, 2.05) is 0 Å². The van der Waals surface area contributed by atoms with E-state index in [2.05, 4.69) is 18.7 Å². The summed E-state index contributed by atoms with van der Waals surface area (Å²) in [7, 11) is 0. The first-order chi connectivity index (χ1) is 6.76. The van der Waals surface area contributed by atoms with E-state index in [9.17, 15) is 4.79 Å². The van der Waals surface area contributed by atoms with Gasteiger partial charge in [-0.1, -0.05) is 20.3 Å². The summed E-state index contributed by atoms with van der Waals surface area (Å²) in [6.45, 7) is 7.61. The SMILES string of the molecule is CCC(C=O)(CC)CN1CCCCC1. The van der Waals surface area contributed by atoms with Crippen LogP contribution in [-0.2, 0) is 4.79 Å². The van der Waals surface area contributed by atoms with Crippen molar-refractivity contribution in [2.24, 2.45) is 5.41 Å². The Morgan fingerprint density at radius 1 is 1.14 bits per heavy atom. The summed E-state index contributed by atoms with van der Waals surface area (Å²) < 4.78 is 0. The highest BCUT2D eigenvalue weighted by molar-refractivity contribution is 5.59. The van der Waals surface area contributed by atoms with Gasteiger partial charge in [-0.25, -0.2) is 0 Å². The molecule has 2 nitrogen and oxygen atoms in total. The summed E-state index contributed by atoms with van der Waals surface area (Å²) in [5, 5.41) is 0. The smallest absolute Gasteiger partial charge is 0.127 e. The second kappa shape index (κ2) is 5.50. The third-order valence-electron chi connectivity index (χ3n) is 3.65. The lowest BCUT2D eigenvalue weighted by Crippen LogP contribution is -2.40. The molecule has 0 aromatic carbocycles. The Labute approximate surface area is 87.7 Å². The lowest BCUT2D eigenvalue weighted by atomic mass is 9.83. The fourth-order valence-electron chi connectivity index (χ4n) is 2.24. The highest BCUT2D eigenvalue weighted by Gasteiger charge is 2.28. The molecule has 14 heavy (non-hydrogen) atoms. The number of hydrogen-bond acceptors (Lipinski definition) is 2. The van der Waals surface area contributed by atoms with Crippen molar-refractivity contribution in [2.75, 3.05) is 19.6 Å². The molecule has 0 amide bonds. The zero-order chi connectivity index (χ0) is 10.4. The second-order valence-corrected chi connectivity index (χ2v) is 4.52. The van der Waals surface area contributed by atoms with Gasteiger partial charge in [-0.05, 0) is 38.8 Å². The average molecular weight is 197 g/mol. The molecule has 0 saturated carbocycles. The topological polar surface area (TPSA) is 20.3 Å². The third-order valence-corrected chi connectivity index (χ3v) is 3.65. The van der Waals surface area contributed by atoms with Gasteiger partial charge in [-0.15, -0.1) is 0 Å². The van der Waals surface area contributed by atoms with E-state index in [-0.39, 0.29) is 5.41 Å². The molecule has 1 heterocycles. The zero-order valence-corrected chi connectivity index (χ0v) is 9.59. The Hall–Kier alpha value is -0.370. The summed E-state index contributed by atoms with van der Waals surface area (Å²) in [5.74, 6) is 0. The molecule has 0 bridgehead atoms. The van der Waals surface area contributed by atoms with Crippen LogP contribution in [0.2, 0.25) is 0 Å². The van der Waals surface area contributed by atoms with Gasteiger partial charge in [0, 0.05) is 12.0 Å². The molecule has 1 saturated heterocycles. The van der Waals surface area contributed by atoms with E-state index >= 15 is 0 Å². The van der Waals surface area contributed by atoms with Crippen LogP contribution in [0.4, 0.5) is 0 Å². The first-order valence-electron chi connectivity index (χ1n) is 5.95. The predicted octanol–water partition coefficient (Wildman–Crippen LogP) is 2.48. The minimum atomic E-state index is -0.0721. The van der Waals surface area contributed by atoms with Crippen molar-refractivity contribution >= 4 is 6.29 Å². The van der Waals surface area contributed by atoms with Crippen LogP contribution >= 0.6 is 0 Å². The van der Waals surface area contributed by atoms with Gasteiger partial charge in [0.15, 0.2) is 0 Å². The molecule has 0 aromatic rings. The Kier molecular flexibility index (Phi) is 4.59. The van der Waals surface area contributed by atoms with Crippen LogP contribution < -0.4 is 0 Å². The molecule has 1 aliphatic heterocycles. The van der Waals surface area contributed by atoms with Crippen molar-refractivity contribution in [3.8, 4) is 0 Å². The average Bonchev–Trinajstić information content (AvgIpc) is 2.28. The number of piperidine rings is 1. The lowest BCUT2D eigenvalue weighted by molar-refractivity contribution is -0.117. The molecule has 0 radical (unpaired) electrons. The summed E-state index contributed by atoms with van der Waals surface area (Å²) >= 11 is 0. The van der Waals surface area contributed by atoms with E-state index in [4.69, 9.17) is 0 Å². The second-order valence-electron chi connectivity index (χ2n) is 4.52. The molecule has 0 N–H and O–H groups in total. The summed E-state index contributed by atoms with van der Waals surface area (Å²) in [5.41, 5.74) is -0.0721. The van der Waals surface area contributed by atoms with Crippen molar-refractivity contribution in [1.29, 1.82) is 0 Å². The lowest BCUT2D eigenvalue weighted by Gasteiger charge is -2.35. The molecule has 0 atom stereocenters. The van der Waals surface area contributed by atoms with Gasteiger partial charge in [0.2, 0.25) is 0 Å². The van der Waals surface area contributed by atoms with E-state index in [1.165, 1.54) is 38.6 Å². The maximum absolute atomic E-state index is 11.1.